The summed E-state index contributed by atoms with van der Waals surface area (Å²) in [5, 5.41) is 0. The Morgan fingerprint density at radius 2 is 1.71 bits per heavy atom. The molecule has 1 rings (SSSR count). The molecule has 0 aliphatic heterocycles. The van der Waals surface area contributed by atoms with E-state index in [1.165, 1.54) is 25.7 Å². The molecule has 0 radical (unpaired) electrons. The van der Waals surface area contributed by atoms with Gasteiger partial charge in [-0.25, -0.2) is 0 Å². The van der Waals surface area contributed by atoms with Crippen LogP contribution in [0.15, 0.2) is 12.1 Å². The first kappa shape index (κ1) is 17.5. The van der Waals surface area contributed by atoms with E-state index in [1.807, 2.05) is 0 Å². The third kappa shape index (κ3) is 5.07. The number of rotatable bonds is 10. The molecule has 0 saturated heterocycles. The maximum absolute atomic E-state index is 11.0. The number of hydrogen-bond acceptors (Lipinski definition) is 3. The molecule has 0 aromatic heterocycles. The Labute approximate surface area is 128 Å². The van der Waals surface area contributed by atoms with Crippen LogP contribution in [0.5, 0.6) is 11.5 Å². The fourth-order valence-corrected chi connectivity index (χ4v) is 2.71. The van der Waals surface area contributed by atoms with Gasteiger partial charge >= 0.3 is 0 Å². The van der Waals surface area contributed by atoms with Crippen molar-refractivity contribution in [1.82, 2.24) is 0 Å². The molecule has 0 heterocycles. The molecule has 0 aliphatic carbocycles. The van der Waals surface area contributed by atoms with Crippen molar-refractivity contribution in [2.75, 3.05) is 14.2 Å². The van der Waals surface area contributed by atoms with Crippen molar-refractivity contribution in [2.24, 2.45) is 5.92 Å². The maximum Gasteiger partial charge on any atom is 0.150 e. The van der Waals surface area contributed by atoms with Crippen LogP contribution < -0.4 is 9.47 Å². The average Bonchev–Trinajstić information content (AvgIpc) is 2.54. The molecular weight excluding hydrogens is 264 g/mol. The van der Waals surface area contributed by atoms with Crippen LogP contribution in [0.4, 0.5) is 0 Å². The summed E-state index contributed by atoms with van der Waals surface area (Å²) in [5.41, 5.74) is 1.66. The predicted molar refractivity (Wildman–Crippen MR) is 86.6 cm³/mol. The summed E-state index contributed by atoms with van der Waals surface area (Å²) in [4.78, 5) is 11.0. The smallest absolute Gasteiger partial charge is 0.150 e. The summed E-state index contributed by atoms with van der Waals surface area (Å²) < 4.78 is 10.9. The molecule has 0 spiro atoms. The van der Waals surface area contributed by atoms with Gasteiger partial charge in [0.15, 0.2) is 0 Å². The quantitative estimate of drug-likeness (QED) is 0.588. The lowest BCUT2D eigenvalue weighted by molar-refractivity contribution is 0.112. The molecule has 3 heteroatoms. The second kappa shape index (κ2) is 9.43. The minimum absolute atomic E-state index is 0.588. The van der Waals surface area contributed by atoms with E-state index in [0.29, 0.717) is 5.56 Å². The summed E-state index contributed by atoms with van der Waals surface area (Å²) >= 11 is 0. The summed E-state index contributed by atoms with van der Waals surface area (Å²) in [6.07, 6.45) is 7.90. The van der Waals surface area contributed by atoms with Crippen molar-refractivity contribution in [3.05, 3.63) is 23.3 Å². The molecule has 3 nitrogen and oxygen atoms in total. The third-order valence-corrected chi connectivity index (χ3v) is 4.11. The van der Waals surface area contributed by atoms with Crippen molar-refractivity contribution in [3.63, 3.8) is 0 Å². The third-order valence-electron chi connectivity index (χ3n) is 4.11. The van der Waals surface area contributed by atoms with E-state index in [-0.39, 0.29) is 0 Å². The maximum atomic E-state index is 11.0. The zero-order chi connectivity index (χ0) is 15.7. The molecule has 118 valence electrons. The summed E-state index contributed by atoms with van der Waals surface area (Å²) in [6.45, 7) is 4.49. The van der Waals surface area contributed by atoms with Gasteiger partial charge in [-0.2, -0.15) is 0 Å². The van der Waals surface area contributed by atoms with Gasteiger partial charge in [0.2, 0.25) is 0 Å². The molecule has 1 aromatic rings. The summed E-state index contributed by atoms with van der Waals surface area (Å²) in [7, 11) is 3.28. The lowest BCUT2D eigenvalue weighted by Gasteiger charge is -2.18. The highest BCUT2D eigenvalue weighted by molar-refractivity contribution is 5.77. The standard InChI is InChI=1S/C18H28O3/c1-5-7-8-14(6-2)9-10-16-17(20-3)11-15(13-19)12-18(16)21-4/h11-14H,5-10H2,1-4H3. The number of methoxy groups -OCH3 is 2. The molecule has 1 unspecified atom stereocenters. The number of benzene rings is 1. The van der Waals surface area contributed by atoms with Crippen molar-refractivity contribution >= 4 is 6.29 Å². The van der Waals surface area contributed by atoms with Crippen LogP contribution in [0, 0.1) is 5.92 Å². The molecule has 1 aromatic carbocycles. The Balaban J connectivity index is 2.87. The van der Waals surface area contributed by atoms with Crippen LogP contribution in [0.25, 0.3) is 0 Å². The van der Waals surface area contributed by atoms with Gasteiger partial charge in [0.05, 0.1) is 14.2 Å². The van der Waals surface area contributed by atoms with Gasteiger partial charge in [-0.3, -0.25) is 4.79 Å². The Morgan fingerprint density at radius 3 is 2.14 bits per heavy atom. The molecule has 0 saturated carbocycles. The predicted octanol–water partition coefficient (Wildman–Crippen LogP) is 4.67. The van der Waals surface area contributed by atoms with E-state index >= 15 is 0 Å². The van der Waals surface area contributed by atoms with E-state index in [0.717, 1.165) is 42.1 Å². The minimum Gasteiger partial charge on any atom is -0.496 e. The molecule has 0 aliphatic rings. The van der Waals surface area contributed by atoms with Gasteiger partial charge in [-0.05, 0) is 30.9 Å². The lowest BCUT2D eigenvalue weighted by atomic mass is 9.91. The molecular formula is C18H28O3. The SMILES string of the molecule is CCCCC(CC)CCc1c(OC)cc(C=O)cc1OC. The van der Waals surface area contributed by atoms with E-state index in [1.54, 1.807) is 26.4 Å². The first-order valence-electron chi connectivity index (χ1n) is 7.90. The Bertz CT molecular complexity index is 415. The highest BCUT2D eigenvalue weighted by Crippen LogP contribution is 2.33. The van der Waals surface area contributed by atoms with Gasteiger partial charge in [0.1, 0.15) is 17.8 Å². The minimum atomic E-state index is 0.588. The van der Waals surface area contributed by atoms with Crippen LogP contribution in [-0.4, -0.2) is 20.5 Å². The highest BCUT2D eigenvalue weighted by atomic mass is 16.5. The van der Waals surface area contributed by atoms with Crippen LogP contribution in [0.1, 0.15) is 61.9 Å². The zero-order valence-corrected chi connectivity index (χ0v) is 13.8. The second-order valence-electron chi connectivity index (χ2n) is 5.48. The average molecular weight is 292 g/mol. The van der Waals surface area contributed by atoms with Crippen LogP contribution in [0.3, 0.4) is 0 Å². The van der Waals surface area contributed by atoms with Crippen LogP contribution >= 0.6 is 0 Å². The normalized spacial score (nSPS) is 12.0. The van der Waals surface area contributed by atoms with Gasteiger partial charge in [-0.15, -0.1) is 0 Å². The summed E-state index contributed by atoms with van der Waals surface area (Å²) in [6, 6.07) is 3.58. The van der Waals surface area contributed by atoms with E-state index in [2.05, 4.69) is 13.8 Å². The topological polar surface area (TPSA) is 35.5 Å². The van der Waals surface area contributed by atoms with Gasteiger partial charge in [-0.1, -0.05) is 39.5 Å². The highest BCUT2D eigenvalue weighted by Gasteiger charge is 2.14. The fourth-order valence-electron chi connectivity index (χ4n) is 2.71. The summed E-state index contributed by atoms with van der Waals surface area (Å²) in [5.74, 6) is 2.24. The molecule has 0 amide bonds. The Hall–Kier alpha value is -1.51. The molecule has 0 bridgehead atoms. The first-order chi connectivity index (χ1) is 10.2. The lowest BCUT2D eigenvalue weighted by Crippen LogP contribution is -2.04. The van der Waals surface area contributed by atoms with Crippen molar-refractivity contribution < 1.29 is 14.3 Å². The fraction of sp³-hybridized carbons (Fsp3) is 0.611. The molecule has 21 heavy (non-hydrogen) atoms. The Kier molecular flexibility index (Phi) is 7.88. The Morgan fingerprint density at radius 1 is 1.10 bits per heavy atom. The van der Waals surface area contributed by atoms with Crippen molar-refractivity contribution in [3.8, 4) is 11.5 Å². The van der Waals surface area contributed by atoms with E-state index < -0.39 is 0 Å². The van der Waals surface area contributed by atoms with Crippen molar-refractivity contribution in [1.29, 1.82) is 0 Å². The number of aldehydes is 1. The number of carbonyl (C=O) groups excluding carboxylic acids is 1. The molecule has 0 fully saturated rings. The number of carbonyl (C=O) groups is 1. The molecule has 0 N–H and O–H groups in total. The number of ether oxygens (including phenoxy) is 2. The van der Waals surface area contributed by atoms with Gasteiger partial charge in [0, 0.05) is 11.1 Å². The van der Waals surface area contributed by atoms with E-state index in [4.69, 9.17) is 9.47 Å². The second-order valence-corrected chi connectivity index (χ2v) is 5.48. The number of unbranched alkanes of at least 4 members (excludes halogenated alkanes) is 1. The largest absolute Gasteiger partial charge is 0.496 e. The zero-order valence-electron chi connectivity index (χ0n) is 13.8. The van der Waals surface area contributed by atoms with Crippen LogP contribution in [0.2, 0.25) is 0 Å². The monoisotopic (exact) mass is 292 g/mol. The van der Waals surface area contributed by atoms with Crippen molar-refractivity contribution in [2.45, 2.75) is 52.4 Å². The first-order valence-corrected chi connectivity index (χ1v) is 7.90. The van der Waals surface area contributed by atoms with E-state index in [9.17, 15) is 4.79 Å². The number of hydrogen-bond donors (Lipinski definition) is 0. The molecule has 1 atom stereocenters. The van der Waals surface area contributed by atoms with Gasteiger partial charge in [0.25, 0.3) is 0 Å². The van der Waals surface area contributed by atoms with Crippen LogP contribution in [-0.2, 0) is 6.42 Å². The van der Waals surface area contributed by atoms with Gasteiger partial charge < -0.3 is 9.47 Å².